The normalized spacial score (nSPS) is 17.5. The summed E-state index contributed by atoms with van der Waals surface area (Å²) < 4.78 is 38.6. The lowest BCUT2D eigenvalue weighted by Crippen LogP contribution is -2.44. The first-order valence-corrected chi connectivity index (χ1v) is 7.30. The number of nitrogens with one attached hydrogen (secondary N) is 1. The van der Waals surface area contributed by atoms with Gasteiger partial charge in [-0.05, 0) is 25.0 Å². The lowest BCUT2D eigenvalue weighted by molar-refractivity contribution is -0.150. The van der Waals surface area contributed by atoms with Gasteiger partial charge in [0, 0.05) is 12.7 Å². The van der Waals surface area contributed by atoms with Crippen molar-refractivity contribution in [1.82, 2.24) is 10.3 Å². The van der Waals surface area contributed by atoms with Crippen LogP contribution >= 0.6 is 0 Å². The van der Waals surface area contributed by atoms with Gasteiger partial charge in [0.15, 0.2) is 5.69 Å². The number of nitrogens with zero attached hydrogens (tertiary/aromatic N) is 1. The molecule has 1 heterocycles. The lowest BCUT2D eigenvalue weighted by atomic mass is 9.74. The predicted molar refractivity (Wildman–Crippen MR) is 74.7 cm³/mol. The van der Waals surface area contributed by atoms with Crippen molar-refractivity contribution in [2.75, 3.05) is 6.54 Å². The van der Waals surface area contributed by atoms with E-state index in [1.54, 1.807) is 0 Å². The highest BCUT2D eigenvalue weighted by molar-refractivity contribution is 5.95. The molecular formula is C15H17F3N2O3. The molecule has 2 N–H and O–H groups in total. The van der Waals surface area contributed by atoms with Gasteiger partial charge in [0.1, 0.15) is 0 Å². The maximum atomic E-state index is 12.9. The Kier molecular flexibility index (Phi) is 4.91. The quantitative estimate of drug-likeness (QED) is 0.890. The van der Waals surface area contributed by atoms with Gasteiger partial charge in [-0.25, -0.2) is 0 Å². The van der Waals surface area contributed by atoms with Crippen molar-refractivity contribution in [2.24, 2.45) is 5.41 Å². The predicted octanol–water partition coefficient (Wildman–Crippen LogP) is 2.87. The maximum absolute atomic E-state index is 12.9. The highest BCUT2D eigenvalue weighted by atomic mass is 19.4. The van der Waals surface area contributed by atoms with Crippen molar-refractivity contribution < 1.29 is 27.9 Å². The van der Waals surface area contributed by atoms with Crippen LogP contribution in [0.1, 0.15) is 48.2 Å². The second kappa shape index (κ2) is 6.55. The molecule has 1 aromatic heterocycles. The summed E-state index contributed by atoms with van der Waals surface area (Å²) in [5.74, 6) is -1.99. The molecule has 5 nitrogen and oxygen atoms in total. The summed E-state index contributed by atoms with van der Waals surface area (Å²) >= 11 is 0. The van der Waals surface area contributed by atoms with E-state index in [1.165, 1.54) is 6.07 Å². The van der Waals surface area contributed by atoms with Crippen LogP contribution in [-0.4, -0.2) is 28.5 Å². The minimum atomic E-state index is -4.75. The highest BCUT2D eigenvalue weighted by Gasteiger charge is 2.41. The largest absolute Gasteiger partial charge is 0.481 e. The summed E-state index contributed by atoms with van der Waals surface area (Å²) in [6, 6.07) is 2.26. The zero-order valence-corrected chi connectivity index (χ0v) is 12.3. The molecule has 1 aromatic rings. The molecular weight excluding hydrogens is 313 g/mol. The Labute approximate surface area is 130 Å². The van der Waals surface area contributed by atoms with Crippen LogP contribution in [0.2, 0.25) is 0 Å². The number of aliphatic carboxylic acids is 1. The van der Waals surface area contributed by atoms with Crippen molar-refractivity contribution >= 4 is 11.9 Å². The van der Waals surface area contributed by atoms with Gasteiger partial charge in [-0.2, -0.15) is 13.2 Å². The van der Waals surface area contributed by atoms with Crippen LogP contribution in [0.25, 0.3) is 0 Å². The summed E-state index contributed by atoms with van der Waals surface area (Å²) in [6.45, 7) is -0.187. The Morgan fingerprint density at radius 3 is 2.48 bits per heavy atom. The van der Waals surface area contributed by atoms with Crippen molar-refractivity contribution in [3.8, 4) is 0 Å². The van der Waals surface area contributed by atoms with Crippen molar-refractivity contribution in [3.05, 3.63) is 29.6 Å². The van der Waals surface area contributed by atoms with Gasteiger partial charge in [-0.1, -0.05) is 19.3 Å². The molecule has 1 fully saturated rings. The fourth-order valence-electron chi connectivity index (χ4n) is 2.85. The van der Waals surface area contributed by atoms with Gasteiger partial charge in [0.05, 0.1) is 11.0 Å². The fourth-order valence-corrected chi connectivity index (χ4v) is 2.85. The Balaban J connectivity index is 2.15. The number of aromatic nitrogens is 1. The van der Waals surface area contributed by atoms with Crippen molar-refractivity contribution in [1.29, 1.82) is 0 Å². The Morgan fingerprint density at radius 2 is 1.91 bits per heavy atom. The molecule has 0 unspecified atom stereocenters. The van der Waals surface area contributed by atoms with Crippen LogP contribution in [0.4, 0.5) is 13.2 Å². The maximum Gasteiger partial charge on any atom is 0.434 e. The number of carboxylic acids is 1. The van der Waals surface area contributed by atoms with Crippen LogP contribution in [0, 0.1) is 5.41 Å². The Hall–Kier alpha value is -2.12. The molecule has 0 radical (unpaired) electrons. The van der Waals surface area contributed by atoms with E-state index in [0.29, 0.717) is 12.8 Å². The standard InChI is InChI=1S/C15H17F3N2O3/c16-15(17,18)11-10(5-4-8-19-11)12(21)20-9-14(13(22)23)6-2-1-3-7-14/h4-5,8H,1-3,6-7,9H2,(H,20,21)(H,22,23). The number of hydrogen-bond donors (Lipinski definition) is 2. The number of rotatable bonds is 4. The molecule has 126 valence electrons. The zero-order valence-electron chi connectivity index (χ0n) is 12.3. The third-order valence-corrected chi connectivity index (χ3v) is 4.17. The van der Waals surface area contributed by atoms with E-state index >= 15 is 0 Å². The number of halogens is 3. The molecule has 0 saturated heterocycles. The van der Waals surface area contributed by atoms with Crippen LogP contribution in [0.3, 0.4) is 0 Å². The Morgan fingerprint density at radius 1 is 1.26 bits per heavy atom. The summed E-state index contributed by atoms with van der Waals surface area (Å²) in [4.78, 5) is 26.8. The molecule has 2 rings (SSSR count). The number of carbonyl (C=O) groups is 2. The lowest BCUT2D eigenvalue weighted by Gasteiger charge is -2.33. The first-order chi connectivity index (χ1) is 10.8. The number of pyridine rings is 1. The van der Waals surface area contributed by atoms with Gasteiger partial charge in [-0.3, -0.25) is 14.6 Å². The smallest absolute Gasteiger partial charge is 0.434 e. The number of alkyl halides is 3. The van der Waals surface area contributed by atoms with Gasteiger partial charge in [0.25, 0.3) is 5.91 Å². The highest BCUT2D eigenvalue weighted by Crippen LogP contribution is 2.36. The van der Waals surface area contributed by atoms with E-state index in [9.17, 15) is 27.9 Å². The average molecular weight is 330 g/mol. The second-order valence-corrected chi connectivity index (χ2v) is 5.73. The minimum absolute atomic E-state index is 0.187. The molecule has 1 aliphatic rings. The Bertz CT molecular complexity index is 596. The van der Waals surface area contributed by atoms with Gasteiger partial charge in [-0.15, -0.1) is 0 Å². The molecule has 0 bridgehead atoms. The zero-order chi connectivity index (χ0) is 17.1. The van der Waals surface area contributed by atoms with E-state index in [4.69, 9.17) is 0 Å². The first-order valence-electron chi connectivity index (χ1n) is 7.30. The van der Waals surface area contributed by atoms with Gasteiger partial charge < -0.3 is 10.4 Å². The van der Waals surface area contributed by atoms with Crippen molar-refractivity contribution in [2.45, 2.75) is 38.3 Å². The number of hydrogen-bond acceptors (Lipinski definition) is 3. The second-order valence-electron chi connectivity index (χ2n) is 5.73. The van der Waals surface area contributed by atoms with Gasteiger partial charge >= 0.3 is 12.1 Å². The van der Waals surface area contributed by atoms with E-state index in [0.717, 1.165) is 31.5 Å². The van der Waals surface area contributed by atoms with Crippen LogP contribution in [0.5, 0.6) is 0 Å². The first kappa shape index (κ1) is 17.2. The number of carboxylic acid groups (broad SMARTS) is 1. The monoisotopic (exact) mass is 330 g/mol. The van der Waals surface area contributed by atoms with E-state index in [2.05, 4.69) is 10.3 Å². The minimum Gasteiger partial charge on any atom is -0.481 e. The molecule has 1 aliphatic carbocycles. The number of amides is 1. The summed E-state index contributed by atoms with van der Waals surface area (Å²) in [5.41, 5.74) is -2.98. The molecule has 0 aliphatic heterocycles. The van der Waals surface area contributed by atoms with Crippen LogP contribution < -0.4 is 5.32 Å². The van der Waals surface area contributed by atoms with Crippen LogP contribution in [-0.2, 0) is 11.0 Å². The molecule has 8 heteroatoms. The van der Waals surface area contributed by atoms with E-state index < -0.39 is 34.7 Å². The summed E-state index contributed by atoms with van der Waals surface area (Å²) in [6.07, 6.45) is -0.609. The molecule has 0 aromatic carbocycles. The molecule has 23 heavy (non-hydrogen) atoms. The van der Waals surface area contributed by atoms with E-state index in [-0.39, 0.29) is 6.54 Å². The topological polar surface area (TPSA) is 79.3 Å². The molecule has 1 saturated carbocycles. The molecule has 1 amide bonds. The third-order valence-electron chi connectivity index (χ3n) is 4.17. The van der Waals surface area contributed by atoms with Crippen molar-refractivity contribution in [3.63, 3.8) is 0 Å². The van der Waals surface area contributed by atoms with Crippen LogP contribution in [0.15, 0.2) is 18.3 Å². The SMILES string of the molecule is O=C(NCC1(C(=O)O)CCCCC1)c1cccnc1C(F)(F)F. The average Bonchev–Trinajstić information content (AvgIpc) is 2.52. The number of carbonyl (C=O) groups excluding carboxylic acids is 1. The third kappa shape index (κ3) is 3.80. The van der Waals surface area contributed by atoms with E-state index in [1.807, 2.05) is 0 Å². The van der Waals surface area contributed by atoms with Gasteiger partial charge in [0.2, 0.25) is 0 Å². The molecule has 0 spiro atoms. The summed E-state index contributed by atoms with van der Waals surface area (Å²) in [7, 11) is 0. The summed E-state index contributed by atoms with van der Waals surface area (Å²) in [5, 5.41) is 11.8. The fraction of sp³-hybridized carbons (Fsp3) is 0.533. The molecule has 0 atom stereocenters.